The van der Waals surface area contributed by atoms with Gasteiger partial charge in [-0.15, -0.1) is 11.3 Å². The summed E-state index contributed by atoms with van der Waals surface area (Å²) in [6, 6.07) is 22.2. The molecule has 0 saturated heterocycles. The number of carbonyl (C=O) groups excluding carboxylic acids is 1. The Bertz CT molecular complexity index is 1360. The van der Waals surface area contributed by atoms with E-state index in [1.807, 2.05) is 41.8 Å². The summed E-state index contributed by atoms with van der Waals surface area (Å²) in [5.41, 5.74) is 5.32. The number of carboxylic acids is 1. The number of hydrogen-bond donors (Lipinski definition) is 3. The van der Waals surface area contributed by atoms with Crippen LogP contribution in [0.25, 0.3) is 11.3 Å². The third-order valence-corrected chi connectivity index (χ3v) is 7.31. The van der Waals surface area contributed by atoms with Crippen molar-refractivity contribution in [2.75, 3.05) is 10.6 Å². The van der Waals surface area contributed by atoms with Crippen LogP contribution in [0.3, 0.4) is 0 Å². The lowest BCUT2D eigenvalue weighted by Gasteiger charge is -2.22. The van der Waals surface area contributed by atoms with Crippen molar-refractivity contribution in [3.63, 3.8) is 0 Å². The molecule has 6 nitrogen and oxygen atoms in total. The minimum Gasteiger partial charge on any atom is -0.478 e. The first-order valence-corrected chi connectivity index (χ1v) is 13.0. The molecule has 0 bridgehead atoms. The molecule has 3 N–H and O–H groups in total. The number of aromatic nitrogens is 1. The SMILES string of the molecule is O=C(O)c1cccc(Nc2nc(-c3ccc(NC(=O)c4ccc(C5CCCCC5)cc4)cc3)cs2)c1. The molecule has 0 spiro atoms. The van der Waals surface area contributed by atoms with Gasteiger partial charge in [0.25, 0.3) is 5.91 Å². The molecule has 1 saturated carbocycles. The molecular formula is C29H27N3O3S. The quantitative estimate of drug-likeness (QED) is 0.245. The van der Waals surface area contributed by atoms with Crippen molar-refractivity contribution in [3.05, 3.63) is 94.9 Å². The van der Waals surface area contributed by atoms with E-state index in [9.17, 15) is 9.59 Å². The van der Waals surface area contributed by atoms with E-state index in [0.29, 0.717) is 22.3 Å². The van der Waals surface area contributed by atoms with Crippen LogP contribution < -0.4 is 10.6 Å². The number of nitrogens with zero attached hydrogens (tertiary/aromatic N) is 1. The zero-order valence-corrected chi connectivity index (χ0v) is 20.6. The third kappa shape index (κ3) is 5.63. The lowest BCUT2D eigenvalue weighted by molar-refractivity contribution is 0.0696. The number of hydrogen-bond acceptors (Lipinski definition) is 5. The highest BCUT2D eigenvalue weighted by Crippen LogP contribution is 2.33. The fourth-order valence-corrected chi connectivity index (χ4v) is 5.33. The van der Waals surface area contributed by atoms with Gasteiger partial charge in [0.15, 0.2) is 5.13 Å². The van der Waals surface area contributed by atoms with Gasteiger partial charge >= 0.3 is 5.97 Å². The summed E-state index contributed by atoms with van der Waals surface area (Å²) in [5.74, 6) is -0.469. The van der Waals surface area contributed by atoms with E-state index < -0.39 is 5.97 Å². The predicted octanol–water partition coefficient (Wildman–Crippen LogP) is 7.55. The molecule has 1 amide bonds. The lowest BCUT2D eigenvalue weighted by atomic mass is 9.84. The summed E-state index contributed by atoms with van der Waals surface area (Å²) in [6.45, 7) is 0. The third-order valence-electron chi connectivity index (χ3n) is 6.55. The van der Waals surface area contributed by atoms with Gasteiger partial charge in [0.2, 0.25) is 0 Å². The first-order chi connectivity index (χ1) is 17.5. The maximum absolute atomic E-state index is 12.7. The van der Waals surface area contributed by atoms with Crippen molar-refractivity contribution in [1.29, 1.82) is 0 Å². The molecule has 1 heterocycles. The Kier molecular flexibility index (Phi) is 7.09. The maximum atomic E-state index is 12.7. The molecule has 7 heteroatoms. The van der Waals surface area contributed by atoms with Gasteiger partial charge in [-0.25, -0.2) is 9.78 Å². The second kappa shape index (κ2) is 10.7. The van der Waals surface area contributed by atoms with Gasteiger partial charge in [-0.1, -0.05) is 49.6 Å². The summed E-state index contributed by atoms with van der Waals surface area (Å²) in [7, 11) is 0. The van der Waals surface area contributed by atoms with Crippen molar-refractivity contribution >= 4 is 39.7 Å². The smallest absolute Gasteiger partial charge is 0.335 e. The average Bonchev–Trinajstić information content (AvgIpc) is 3.38. The Morgan fingerprint density at radius 3 is 2.33 bits per heavy atom. The molecule has 3 aromatic carbocycles. The standard InChI is InChI=1S/C29H27N3O3S/c33-27(22-11-9-20(10-12-22)19-5-2-1-3-6-19)30-24-15-13-21(14-16-24)26-18-36-29(32-26)31-25-8-4-7-23(17-25)28(34)35/h4,7-19H,1-3,5-6H2,(H,30,33)(H,31,32)(H,34,35). The van der Waals surface area contributed by atoms with Crippen LogP contribution in [0.2, 0.25) is 0 Å². The van der Waals surface area contributed by atoms with Crippen LogP contribution in [0.1, 0.15) is 64.3 Å². The highest BCUT2D eigenvalue weighted by atomic mass is 32.1. The molecule has 1 fully saturated rings. The second-order valence-electron chi connectivity index (χ2n) is 9.04. The van der Waals surface area contributed by atoms with Crippen LogP contribution in [-0.4, -0.2) is 22.0 Å². The van der Waals surface area contributed by atoms with E-state index in [0.717, 1.165) is 16.9 Å². The van der Waals surface area contributed by atoms with Gasteiger partial charge in [-0.2, -0.15) is 0 Å². The number of nitrogens with one attached hydrogen (secondary N) is 2. The van der Waals surface area contributed by atoms with Gasteiger partial charge in [0, 0.05) is 27.9 Å². The van der Waals surface area contributed by atoms with E-state index >= 15 is 0 Å². The molecule has 5 rings (SSSR count). The van der Waals surface area contributed by atoms with Gasteiger partial charge in [0.1, 0.15) is 0 Å². The highest BCUT2D eigenvalue weighted by Gasteiger charge is 2.16. The summed E-state index contributed by atoms with van der Waals surface area (Å²) < 4.78 is 0. The predicted molar refractivity (Wildman–Crippen MR) is 144 cm³/mol. The Morgan fingerprint density at radius 1 is 0.861 bits per heavy atom. The molecule has 0 atom stereocenters. The number of amides is 1. The van der Waals surface area contributed by atoms with Crippen LogP contribution >= 0.6 is 11.3 Å². The molecule has 0 radical (unpaired) electrons. The van der Waals surface area contributed by atoms with Crippen LogP contribution in [0, 0.1) is 0 Å². The van der Waals surface area contributed by atoms with Gasteiger partial charge in [-0.3, -0.25) is 4.79 Å². The fraction of sp³-hybridized carbons (Fsp3) is 0.207. The zero-order valence-electron chi connectivity index (χ0n) is 19.7. The molecule has 0 aliphatic heterocycles. The molecule has 1 aliphatic rings. The minimum atomic E-state index is -0.970. The summed E-state index contributed by atoms with van der Waals surface area (Å²) >= 11 is 1.44. The lowest BCUT2D eigenvalue weighted by Crippen LogP contribution is -2.12. The molecular weight excluding hydrogens is 470 g/mol. The molecule has 0 unspecified atom stereocenters. The normalized spacial score (nSPS) is 13.8. The number of benzene rings is 3. The first kappa shape index (κ1) is 23.8. The Hall–Kier alpha value is -3.97. The van der Waals surface area contributed by atoms with E-state index in [-0.39, 0.29) is 11.5 Å². The summed E-state index contributed by atoms with van der Waals surface area (Å²) in [4.78, 5) is 28.5. The minimum absolute atomic E-state index is 0.123. The molecule has 4 aromatic rings. The van der Waals surface area contributed by atoms with E-state index in [2.05, 4.69) is 27.8 Å². The van der Waals surface area contributed by atoms with Gasteiger partial charge in [0.05, 0.1) is 11.3 Å². The molecule has 182 valence electrons. The van der Waals surface area contributed by atoms with E-state index in [4.69, 9.17) is 5.11 Å². The van der Waals surface area contributed by atoms with Crippen LogP contribution in [-0.2, 0) is 0 Å². The van der Waals surface area contributed by atoms with Crippen LogP contribution in [0.15, 0.2) is 78.2 Å². The summed E-state index contributed by atoms with van der Waals surface area (Å²) in [6.07, 6.45) is 6.41. The monoisotopic (exact) mass is 497 g/mol. The average molecular weight is 498 g/mol. The van der Waals surface area contributed by atoms with Crippen molar-refractivity contribution < 1.29 is 14.7 Å². The number of thiazole rings is 1. The molecule has 1 aliphatic carbocycles. The highest BCUT2D eigenvalue weighted by molar-refractivity contribution is 7.14. The summed E-state index contributed by atoms with van der Waals surface area (Å²) in [5, 5.41) is 17.9. The molecule has 36 heavy (non-hydrogen) atoms. The van der Waals surface area contributed by atoms with Crippen molar-refractivity contribution in [2.45, 2.75) is 38.0 Å². The number of carbonyl (C=O) groups is 2. The number of rotatable bonds is 7. The van der Waals surface area contributed by atoms with E-state index in [1.54, 1.807) is 24.3 Å². The van der Waals surface area contributed by atoms with Crippen molar-refractivity contribution in [1.82, 2.24) is 4.98 Å². The Balaban J connectivity index is 1.20. The first-order valence-electron chi connectivity index (χ1n) is 12.1. The number of aromatic carboxylic acids is 1. The van der Waals surface area contributed by atoms with E-state index in [1.165, 1.54) is 49.0 Å². The topological polar surface area (TPSA) is 91.3 Å². The van der Waals surface area contributed by atoms with Crippen LogP contribution in [0.4, 0.5) is 16.5 Å². The van der Waals surface area contributed by atoms with Crippen molar-refractivity contribution in [2.24, 2.45) is 0 Å². The van der Waals surface area contributed by atoms with Crippen LogP contribution in [0.5, 0.6) is 0 Å². The maximum Gasteiger partial charge on any atom is 0.335 e. The number of carboxylic acid groups (broad SMARTS) is 1. The zero-order chi connectivity index (χ0) is 24.9. The Morgan fingerprint density at radius 2 is 1.61 bits per heavy atom. The largest absolute Gasteiger partial charge is 0.478 e. The van der Waals surface area contributed by atoms with Crippen molar-refractivity contribution in [3.8, 4) is 11.3 Å². The van der Waals surface area contributed by atoms with Gasteiger partial charge < -0.3 is 15.7 Å². The number of anilines is 3. The second-order valence-corrected chi connectivity index (χ2v) is 9.90. The van der Waals surface area contributed by atoms with Gasteiger partial charge in [-0.05, 0) is 66.8 Å². The Labute approximate surface area is 214 Å². The fourth-order valence-electron chi connectivity index (χ4n) is 4.59. The molecule has 1 aromatic heterocycles.